The minimum absolute atomic E-state index is 0.278. The van der Waals surface area contributed by atoms with E-state index in [0.29, 0.717) is 109 Å². The molecule has 0 fully saturated rings. The van der Waals surface area contributed by atoms with Gasteiger partial charge in [0.25, 0.3) is 11.1 Å². The molecule has 8 rings (SSSR count). The van der Waals surface area contributed by atoms with E-state index in [1.165, 1.54) is 0 Å². The summed E-state index contributed by atoms with van der Waals surface area (Å²) < 4.78 is 0. The number of benzene rings is 4. The second-order valence-corrected chi connectivity index (χ2v) is 16.4. The average Bonchev–Trinajstić information content (AvgIpc) is 3.24. The van der Waals surface area contributed by atoms with Crippen LogP contribution in [0.4, 0.5) is 23.0 Å². The fourth-order valence-corrected chi connectivity index (χ4v) is 7.98. The topological polar surface area (TPSA) is 196 Å². The van der Waals surface area contributed by atoms with Crippen molar-refractivity contribution in [3.63, 3.8) is 0 Å². The van der Waals surface area contributed by atoms with E-state index in [2.05, 4.69) is 54.3 Å². The lowest BCUT2D eigenvalue weighted by Crippen LogP contribution is -2.08. The van der Waals surface area contributed by atoms with Gasteiger partial charge in [0.05, 0.1) is 65.5 Å². The monoisotopic (exact) mass is 934 g/mol. The largest absolute Gasteiger partial charge is 0.389 e. The third-order valence-electron chi connectivity index (χ3n) is 9.86. The predicted octanol–water partition coefficient (Wildman–Crippen LogP) is 9.82. The van der Waals surface area contributed by atoms with Crippen molar-refractivity contribution in [3.05, 3.63) is 148 Å². The highest BCUT2D eigenvalue weighted by Crippen LogP contribution is 2.39. The lowest BCUT2D eigenvalue weighted by molar-refractivity contribution is 0.199. The molecule has 0 aliphatic rings. The van der Waals surface area contributed by atoms with E-state index in [0.717, 1.165) is 0 Å². The number of nitrogens with zero attached hydrogens (tertiary/aromatic N) is 2. The number of nitrogens with one attached hydrogen (secondary N) is 4. The van der Waals surface area contributed by atoms with Gasteiger partial charge >= 0.3 is 0 Å². The number of rotatable bonds is 6. The first-order chi connectivity index (χ1) is 30.5. The number of fused-ring (bicyclic) bond motifs is 6. The molecule has 0 aliphatic carbocycles. The number of anilines is 4. The van der Waals surface area contributed by atoms with Gasteiger partial charge < -0.3 is 41.0 Å². The third-order valence-corrected chi connectivity index (χ3v) is 11.1. The molecule has 64 heavy (non-hydrogen) atoms. The van der Waals surface area contributed by atoms with E-state index in [-0.39, 0.29) is 11.1 Å². The third kappa shape index (κ3) is 9.96. The average molecular weight is 937 g/mol. The summed E-state index contributed by atoms with van der Waals surface area (Å²) in [6.07, 6.45) is 0.127. The van der Waals surface area contributed by atoms with Gasteiger partial charge in [0.2, 0.25) is 0 Å². The molecule has 324 valence electrons. The Labute approximate surface area is 385 Å². The molecule has 8 aromatic rings. The summed E-state index contributed by atoms with van der Waals surface area (Å²) in [7, 11) is 0. The molecule has 4 aromatic heterocycles. The molecule has 0 radical (unpaired) electrons. The number of H-pyrrole nitrogens is 2. The number of aliphatic hydroxyl groups excluding tert-OH is 4. The number of pyridine rings is 4. The van der Waals surface area contributed by atoms with E-state index < -0.39 is 24.4 Å². The molecule has 0 bridgehead atoms. The molecule has 12 nitrogen and oxygen atoms in total. The van der Waals surface area contributed by atoms with Gasteiger partial charge in [-0.05, 0) is 112 Å². The van der Waals surface area contributed by atoms with Crippen LogP contribution in [0, 0.1) is 23.7 Å². The molecule has 0 saturated carbocycles. The van der Waals surface area contributed by atoms with Crippen molar-refractivity contribution < 1.29 is 20.4 Å². The van der Waals surface area contributed by atoms with Crippen LogP contribution in [0.25, 0.3) is 43.4 Å². The molecule has 0 spiro atoms. The zero-order chi connectivity index (χ0) is 46.0. The van der Waals surface area contributed by atoms with Gasteiger partial charge in [0, 0.05) is 45.1 Å². The molecule has 4 atom stereocenters. The van der Waals surface area contributed by atoms with E-state index in [4.69, 9.17) is 46.4 Å². The van der Waals surface area contributed by atoms with Crippen molar-refractivity contribution in [2.75, 3.05) is 10.6 Å². The Morgan fingerprint density at radius 1 is 0.531 bits per heavy atom. The number of hydrogen-bond donors (Lipinski definition) is 8. The first kappa shape index (κ1) is 45.9. The number of aliphatic hydroxyl groups is 4. The summed E-state index contributed by atoms with van der Waals surface area (Å²) in [5, 5.41) is 49.4. The van der Waals surface area contributed by atoms with Crippen LogP contribution < -0.4 is 21.8 Å². The first-order valence-electron chi connectivity index (χ1n) is 19.7. The molecule has 8 N–H and O–H groups in total. The van der Waals surface area contributed by atoms with Gasteiger partial charge in [-0.3, -0.25) is 9.59 Å². The first-order valence-corrected chi connectivity index (χ1v) is 21.2. The van der Waals surface area contributed by atoms with Gasteiger partial charge in [-0.2, -0.15) is 0 Å². The number of aromatic amines is 2. The molecular weight excluding hydrogens is 898 g/mol. The normalized spacial score (nSPS) is 12.9. The number of aromatic nitrogens is 4. The molecular formula is C48H38Cl4N6O6. The zero-order valence-electron chi connectivity index (χ0n) is 34.4. The standard InChI is InChI=1S/2C24H19Cl2N3O3/c2*1-12(30)3-4-14-5-6-20-17(9-14)21-16(7-8-27-24(21)32)23(28-20)29-22-18(25)10-15(13(2)31)11-19(22)26/h2*5-13,30-31H,1-2H3,(H,27,32)(H,28,29)/t12-,13+;12-,13-/m11/s1. The van der Waals surface area contributed by atoms with Crippen LogP contribution in [0.3, 0.4) is 0 Å². The Bertz CT molecular complexity index is 3110. The highest BCUT2D eigenvalue weighted by Gasteiger charge is 2.18. The van der Waals surface area contributed by atoms with Crippen LogP contribution in [0.1, 0.15) is 62.2 Å². The van der Waals surface area contributed by atoms with Crippen molar-refractivity contribution in [2.45, 2.75) is 52.1 Å². The maximum absolute atomic E-state index is 12.8. The van der Waals surface area contributed by atoms with Crippen LogP contribution >= 0.6 is 46.4 Å². The van der Waals surface area contributed by atoms with Crippen molar-refractivity contribution in [3.8, 4) is 23.7 Å². The van der Waals surface area contributed by atoms with Gasteiger partial charge in [-0.1, -0.05) is 70.1 Å². The Morgan fingerprint density at radius 3 is 1.22 bits per heavy atom. The molecule has 0 unspecified atom stereocenters. The molecule has 16 heteroatoms. The summed E-state index contributed by atoms with van der Waals surface area (Å²) in [5.74, 6) is 12.0. The molecule has 0 aliphatic heterocycles. The van der Waals surface area contributed by atoms with Crippen molar-refractivity contribution >= 4 is 113 Å². The zero-order valence-corrected chi connectivity index (χ0v) is 37.4. The van der Waals surface area contributed by atoms with Gasteiger partial charge in [-0.25, -0.2) is 9.97 Å². The van der Waals surface area contributed by atoms with Crippen LogP contribution in [-0.2, 0) is 0 Å². The lowest BCUT2D eigenvalue weighted by atomic mass is 10.0. The SMILES string of the molecule is C[C@@H](O)C#Cc1ccc2nc(Nc3c(Cl)cc([C@@H](C)O)cc3Cl)c3cc[nH]c(=O)c3c2c1.C[C@H](O)c1cc(Cl)c(Nc2nc3ccc(C#C[C@@H](C)O)cc3c3c(=O)[nH]ccc23)c(Cl)c1. The minimum Gasteiger partial charge on any atom is -0.389 e. The molecule has 4 heterocycles. The van der Waals surface area contributed by atoms with E-state index in [1.54, 1.807) is 113 Å². The molecule has 4 aromatic carbocycles. The summed E-state index contributed by atoms with van der Waals surface area (Å²) >= 11 is 25.7. The summed E-state index contributed by atoms with van der Waals surface area (Å²) in [6.45, 7) is 6.41. The van der Waals surface area contributed by atoms with Crippen molar-refractivity contribution in [2.24, 2.45) is 0 Å². The fraction of sp³-hybridized carbons (Fsp3) is 0.167. The van der Waals surface area contributed by atoms with Gasteiger partial charge in [0.1, 0.15) is 23.8 Å². The second kappa shape index (κ2) is 19.3. The van der Waals surface area contributed by atoms with Crippen LogP contribution in [0.2, 0.25) is 20.1 Å². The highest BCUT2D eigenvalue weighted by atomic mass is 35.5. The fourth-order valence-electron chi connectivity index (χ4n) is 6.78. The smallest absolute Gasteiger partial charge is 0.256 e. The quantitative estimate of drug-likeness (QED) is 0.0587. The lowest BCUT2D eigenvalue weighted by Gasteiger charge is -2.15. The predicted molar refractivity (Wildman–Crippen MR) is 258 cm³/mol. The van der Waals surface area contributed by atoms with Crippen LogP contribution in [0.15, 0.2) is 94.8 Å². The Hall–Kier alpha value is -6.16. The Morgan fingerprint density at radius 2 is 0.891 bits per heavy atom. The number of hydrogen-bond acceptors (Lipinski definition) is 10. The van der Waals surface area contributed by atoms with Crippen LogP contribution in [-0.4, -0.2) is 52.6 Å². The van der Waals surface area contributed by atoms with Crippen molar-refractivity contribution in [1.29, 1.82) is 0 Å². The van der Waals surface area contributed by atoms with Crippen molar-refractivity contribution in [1.82, 2.24) is 19.9 Å². The second-order valence-electron chi connectivity index (χ2n) is 14.8. The summed E-state index contributed by atoms with van der Waals surface area (Å²) in [5.41, 5.74) is 3.93. The Balaban J connectivity index is 0.000000191. The summed E-state index contributed by atoms with van der Waals surface area (Å²) in [4.78, 5) is 40.3. The molecule has 0 saturated heterocycles. The molecule has 0 amide bonds. The van der Waals surface area contributed by atoms with E-state index in [1.807, 2.05) is 0 Å². The maximum Gasteiger partial charge on any atom is 0.256 e. The van der Waals surface area contributed by atoms with Gasteiger partial charge in [-0.15, -0.1) is 0 Å². The maximum atomic E-state index is 12.8. The Kier molecular flexibility index (Phi) is 13.8. The minimum atomic E-state index is -0.759. The van der Waals surface area contributed by atoms with Crippen LogP contribution in [0.5, 0.6) is 0 Å². The van der Waals surface area contributed by atoms with E-state index >= 15 is 0 Å². The highest BCUT2D eigenvalue weighted by molar-refractivity contribution is 6.40. The number of halogens is 4. The summed E-state index contributed by atoms with van der Waals surface area (Å²) in [6, 6.07) is 20.6. The van der Waals surface area contributed by atoms with E-state index in [9.17, 15) is 30.0 Å². The van der Waals surface area contributed by atoms with Gasteiger partial charge in [0.15, 0.2) is 0 Å².